The summed E-state index contributed by atoms with van der Waals surface area (Å²) in [6.45, 7) is 2.33. The van der Waals surface area contributed by atoms with Gasteiger partial charge in [-0.15, -0.1) is 0 Å². The van der Waals surface area contributed by atoms with Gasteiger partial charge in [-0.2, -0.15) is 0 Å². The molecule has 3 heteroatoms. The van der Waals surface area contributed by atoms with Crippen molar-refractivity contribution in [2.45, 2.75) is 51.9 Å². The number of carbonyl (C=O) groups is 2. The average Bonchev–Trinajstić information content (AvgIpc) is 3.02. The van der Waals surface area contributed by atoms with E-state index in [9.17, 15) is 9.59 Å². The molecular weight excluding hydrogens is 228 g/mol. The molecule has 2 aliphatic carbocycles. The zero-order valence-electron chi connectivity index (χ0n) is 11.1. The van der Waals surface area contributed by atoms with Crippen molar-refractivity contribution < 1.29 is 14.3 Å². The summed E-state index contributed by atoms with van der Waals surface area (Å²) in [5.74, 6) is 1.02. The minimum atomic E-state index is -0.0174. The van der Waals surface area contributed by atoms with Crippen molar-refractivity contribution in [3.63, 3.8) is 0 Å². The van der Waals surface area contributed by atoms with Crippen LogP contribution in [0, 0.1) is 11.8 Å². The molecule has 0 N–H and O–H groups in total. The van der Waals surface area contributed by atoms with E-state index in [0.717, 1.165) is 44.1 Å². The van der Waals surface area contributed by atoms with Crippen molar-refractivity contribution in [1.82, 2.24) is 0 Å². The van der Waals surface area contributed by atoms with Gasteiger partial charge in [0.05, 0.1) is 12.5 Å². The Bertz CT molecular complexity index is 357. The second kappa shape index (κ2) is 6.17. The fraction of sp³-hybridized carbons (Fsp3) is 0.733. The van der Waals surface area contributed by atoms with Crippen LogP contribution in [0.4, 0.5) is 0 Å². The molecule has 18 heavy (non-hydrogen) atoms. The van der Waals surface area contributed by atoms with Crippen molar-refractivity contribution in [2.75, 3.05) is 6.61 Å². The van der Waals surface area contributed by atoms with Gasteiger partial charge in [0, 0.05) is 6.42 Å². The Kier molecular flexibility index (Phi) is 4.56. The molecule has 0 saturated heterocycles. The Labute approximate surface area is 109 Å². The minimum absolute atomic E-state index is 0.0174. The number of carbonyl (C=O) groups excluding carboxylic acids is 2. The fourth-order valence-electron chi connectivity index (χ4n) is 2.72. The Balaban J connectivity index is 1.55. The molecule has 0 bridgehead atoms. The number of unbranched alkanes of at least 4 members (excludes halogenated alkanes) is 1. The first-order valence-corrected chi connectivity index (χ1v) is 7.11. The van der Waals surface area contributed by atoms with Crippen LogP contribution in [0.1, 0.15) is 51.9 Å². The Morgan fingerprint density at radius 2 is 2.28 bits per heavy atom. The summed E-state index contributed by atoms with van der Waals surface area (Å²) in [7, 11) is 0. The Morgan fingerprint density at radius 3 is 2.94 bits per heavy atom. The molecule has 3 nitrogen and oxygen atoms in total. The molecule has 0 aromatic rings. The van der Waals surface area contributed by atoms with Crippen LogP contribution in [-0.2, 0) is 14.3 Å². The number of esters is 1. The number of hydrogen-bond acceptors (Lipinski definition) is 3. The molecule has 0 amide bonds. The molecule has 2 aliphatic rings. The predicted octanol–water partition coefficient (Wildman–Crippen LogP) is 3.04. The van der Waals surface area contributed by atoms with Crippen LogP contribution in [-0.4, -0.2) is 18.4 Å². The first-order chi connectivity index (χ1) is 8.72. The van der Waals surface area contributed by atoms with Crippen LogP contribution >= 0.6 is 0 Å². The third kappa shape index (κ3) is 3.44. The molecule has 0 aliphatic heterocycles. The summed E-state index contributed by atoms with van der Waals surface area (Å²) >= 11 is 0. The summed E-state index contributed by atoms with van der Waals surface area (Å²) in [5.41, 5.74) is 1.03. The second-order valence-corrected chi connectivity index (χ2v) is 5.29. The van der Waals surface area contributed by atoms with Crippen molar-refractivity contribution in [1.29, 1.82) is 0 Å². The molecule has 1 saturated carbocycles. The van der Waals surface area contributed by atoms with Gasteiger partial charge in [0.25, 0.3) is 0 Å². The average molecular weight is 250 g/mol. The molecule has 2 unspecified atom stereocenters. The SMILES string of the molecule is CCOC(=O)C1CC1CCCCC1=CCCC1=O. The van der Waals surface area contributed by atoms with Gasteiger partial charge in [-0.3, -0.25) is 9.59 Å². The highest BCUT2D eigenvalue weighted by Gasteiger charge is 2.43. The molecule has 0 aromatic carbocycles. The van der Waals surface area contributed by atoms with Gasteiger partial charge in [0.2, 0.25) is 0 Å². The van der Waals surface area contributed by atoms with E-state index in [1.807, 2.05) is 6.92 Å². The Morgan fingerprint density at radius 1 is 1.44 bits per heavy atom. The van der Waals surface area contributed by atoms with Crippen LogP contribution in [0.3, 0.4) is 0 Å². The first kappa shape index (κ1) is 13.3. The molecule has 2 atom stereocenters. The largest absolute Gasteiger partial charge is 0.466 e. The van der Waals surface area contributed by atoms with Crippen molar-refractivity contribution >= 4 is 11.8 Å². The standard InChI is InChI=1S/C15H22O3/c1-2-18-15(17)13-10-12(13)7-4-3-6-11-8-5-9-14(11)16/h8,12-13H,2-7,9-10H2,1H3. The highest BCUT2D eigenvalue weighted by Crippen LogP contribution is 2.43. The highest BCUT2D eigenvalue weighted by atomic mass is 16.5. The predicted molar refractivity (Wildman–Crippen MR) is 69.0 cm³/mol. The first-order valence-electron chi connectivity index (χ1n) is 7.11. The lowest BCUT2D eigenvalue weighted by atomic mass is 10.0. The number of Topliss-reactive ketones (excluding diaryl/α,β-unsaturated/α-hetero) is 1. The van der Waals surface area contributed by atoms with E-state index in [2.05, 4.69) is 6.08 Å². The molecule has 1 fully saturated rings. The maximum absolute atomic E-state index is 11.4. The third-order valence-electron chi connectivity index (χ3n) is 3.90. The number of rotatable bonds is 7. The second-order valence-electron chi connectivity index (χ2n) is 5.29. The smallest absolute Gasteiger partial charge is 0.309 e. The van der Waals surface area contributed by atoms with Crippen molar-refractivity contribution in [2.24, 2.45) is 11.8 Å². The van der Waals surface area contributed by atoms with E-state index in [1.54, 1.807) is 0 Å². The van der Waals surface area contributed by atoms with Gasteiger partial charge in [-0.05, 0) is 50.5 Å². The maximum atomic E-state index is 11.4. The van der Waals surface area contributed by atoms with Gasteiger partial charge in [0.1, 0.15) is 0 Å². The lowest BCUT2D eigenvalue weighted by Gasteiger charge is -2.02. The molecule has 0 spiro atoms. The lowest BCUT2D eigenvalue weighted by molar-refractivity contribution is -0.145. The van der Waals surface area contributed by atoms with Crippen LogP contribution < -0.4 is 0 Å². The zero-order valence-corrected chi connectivity index (χ0v) is 11.1. The third-order valence-corrected chi connectivity index (χ3v) is 3.90. The molecular formula is C15H22O3. The summed E-state index contributed by atoms with van der Waals surface area (Å²) in [5, 5.41) is 0. The normalized spacial score (nSPS) is 26.1. The number of allylic oxidation sites excluding steroid dienone is 2. The number of hydrogen-bond donors (Lipinski definition) is 0. The molecule has 100 valence electrons. The fourth-order valence-corrected chi connectivity index (χ4v) is 2.72. The molecule has 0 heterocycles. The quantitative estimate of drug-likeness (QED) is 0.515. The highest BCUT2D eigenvalue weighted by molar-refractivity contribution is 5.97. The van der Waals surface area contributed by atoms with E-state index in [4.69, 9.17) is 4.74 Å². The van der Waals surface area contributed by atoms with Gasteiger partial charge in [-0.1, -0.05) is 12.5 Å². The van der Waals surface area contributed by atoms with E-state index >= 15 is 0 Å². The molecule has 2 rings (SSSR count). The van der Waals surface area contributed by atoms with Crippen LogP contribution in [0.15, 0.2) is 11.6 Å². The Hall–Kier alpha value is -1.12. The van der Waals surface area contributed by atoms with Gasteiger partial charge < -0.3 is 4.74 Å². The van der Waals surface area contributed by atoms with E-state index in [1.165, 1.54) is 0 Å². The molecule has 0 radical (unpaired) electrons. The summed E-state index contributed by atoms with van der Waals surface area (Å²) < 4.78 is 5.00. The van der Waals surface area contributed by atoms with Crippen molar-refractivity contribution in [3.8, 4) is 0 Å². The van der Waals surface area contributed by atoms with E-state index in [0.29, 0.717) is 24.7 Å². The van der Waals surface area contributed by atoms with Gasteiger partial charge >= 0.3 is 5.97 Å². The van der Waals surface area contributed by atoms with E-state index in [-0.39, 0.29) is 11.9 Å². The zero-order chi connectivity index (χ0) is 13.0. The van der Waals surface area contributed by atoms with Crippen LogP contribution in [0.5, 0.6) is 0 Å². The molecule has 0 aromatic heterocycles. The summed E-state index contributed by atoms with van der Waals surface area (Å²) in [6.07, 6.45) is 8.95. The summed E-state index contributed by atoms with van der Waals surface area (Å²) in [4.78, 5) is 22.8. The summed E-state index contributed by atoms with van der Waals surface area (Å²) in [6, 6.07) is 0. The minimum Gasteiger partial charge on any atom is -0.466 e. The van der Waals surface area contributed by atoms with Crippen LogP contribution in [0.2, 0.25) is 0 Å². The topological polar surface area (TPSA) is 43.4 Å². The van der Waals surface area contributed by atoms with E-state index < -0.39 is 0 Å². The van der Waals surface area contributed by atoms with Crippen molar-refractivity contribution in [3.05, 3.63) is 11.6 Å². The van der Waals surface area contributed by atoms with Gasteiger partial charge in [-0.25, -0.2) is 0 Å². The van der Waals surface area contributed by atoms with Crippen LogP contribution in [0.25, 0.3) is 0 Å². The monoisotopic (exact) mass is 250 g/mol. The maximum Gasteiger partial charge on any atom is 0.309 e. The number of ketones is 1. The lowest BCUT2D eigenvalue weighted by Crippen LogP contribution is -2.07. The number of ether oxygens (including phenoxy) is 1. The van der Waals surface area contributed by atoms with Gasteiger partial charge in [0.15, 0.2) is 5.78 Å².